The lowest BCUT2D eigenvalue weighted by molar-refractivity contribution is -0.134. The summed E-state index contributed by atoms with van der Waals surface area (Å²) in [6.07, 6.45) is 0.766. The molecule has 0 aromatic rings. The lowest BCUT2D eigenvalue weighted by Gasteiger charge is -2.29. The Bertz CT molecular complexity index is 561. The highest BCUT2D eigenvalue weighted by molar-refractivity contribution is 7.89. The monoisotopic (exact) mass is 347 g/mol. The molecular weight excluding hydrogens is 322 g/mol. The minimum Gasteiger partial charge on any atom is -0.370 e. The van der Waals surface area contributed by atoms with Gasteiger partial charge in [-0.1, -0.05) is 6.92 Å². The fourth-order valence-electron chi connectivity index (χ4n) is 2.62. The molecule has 132 valence electrons. The molecule has 0 aromatic carbocycles. The highest BCUT2D eigenvalue weighted by atomic mass is 32.2. The Morgan fingerprint density at radius 3 is 2.61 bits per heavy atom. The quantitative estimate of drug-likeness (QED) is 0.632. The highest BCUT2D eigenvalue weighted by Crippen LogP contribution is 2.20. The zero-order valence-electron chi connectivity index (χ0n) is 13.6. The summed E-state index contributed by atoms with van der Waals surface area (Å²) in [6.45, 7) is 3.73. The van der Waals surface area contributed by atoms with Crippen molar-refractivity contribution in [1.29, 1.82) is 0 Å². The number of sulfonamides is 1. The van der Waals surface area contributed by atoms with E-state index in [0.717, 1.165) is 4.31 Å². The maximum Gasteiger partial charge on any atom is 0.237 e. The van der Waals surface area contributed by atoms with Gasteiger partial charge >= 0.3 is 0 Å². The number of primary amides is 1. The third kappa shape index (κ3) is 5.58. The molecule has 1 fully saturated rings. The molecule has 2 atom stereocenters. The number of hydrogen-bond donors (Lipinski definition) is 2. The molecule has 2 amide bonds. The topological polar surface area (TPSA) is 127 Å². The average Bonchev–Trinajstić information content (AvgIpc) is 2.63. The van der Waals surface area contributed by atoms with Crippen LogP contribution in [0.5, 0.6) is 0 Å². The Kier molecular flexibility index (Phi) is 7.14. The van der Waals surface area contributed by atoms with Crippen LogP contribution in [0, 0.1) is 5.92 Å². The van der Waals surface area contributed by atoms with E-state index in [4.69, 9.17) is 5.73 Å². The fourth-order valence-corrected chi connectivity index (χ4v) is 3.90. The number of carbonyl (C=O) groups is 3. The van der Waals surface area contributed by atoms with E-state index in [1.165, 1.54) is 6.92 Å². The van der Waals surface area contributed by atoms with Gasteiger partial charge in [-0.3, -0.25) is 14.4 Å². The van der Waals surface area contributed by atoms with Crippen LogP contribution in [0.4, 0.5) is 0 Å². The van der Waals surface area contributed by atoms with Gasteiger partial charge in [0.15, 0.2) is 5.78 Å². The Labute approximate surface area is 136 Å². The van der Waals surface area contributed by atoms with Crippen LogP contribution in [0.1, 0.15) is 39.5 Å². The van der Waals surface area contributed by atoms with Crippen molar-refractivity contribution in [3.8, 4) is 0 Å². The molecule has 0 aromatic heterocycles. The molecule has 0 radical (unpaired) electrons. The number of nitrogens with zero attached hydrogens (tertiary/aromatic N) is 1. The first kappa shape index (κ1) is 19.6. The van der Waals surface area contributed by atoms with Gasteiger partial charge in [0.25, 0.3) is 0 Å². The van der Waals surface area contributed by atoms with Gasteiger partial charge in [0.2, 0.25) is 21.8 Å². The van der Waals surface area contributed by atoms with Crippen LogP contribution < -0.4 is 11.1 Å². The van der Waals surface area contributed by atoms with Crippen molar-refractivity contribution in [3.05, 3.63) is 0 Å². The lowest BCUT2D eigenvalue weighted by atomic mass is 10.0. The lowest BCUT2D eigenvalue weighted by Crippen LogP contribution is -2.50. The smallest absolute Gasteiger partial charge is 0.237 e. The second-order valence-corrected chi connectivity index (χ2v) is 8.01. The number of nitrogens with two attached hydrogens (primary N) is 1. The number of rotatable bonds is 7. The molecule has 1 heterocycles. The minimum absolute atomic E-state index is 0.00801. The Balaban J connectivity index is 3.03. The Morgan fingerprint density at radius 2 is 2.04 bits per heavy atom. The van der Waals surface area contributed by atoms with E-state index < -0.39 is 27.9 Å². The standard InChI is InChI=1S/C14H25N3O5S/c1-3-23(21,22)17(11-5-4-6-16-9-12(11)18)14(20)8-10(2)7-13(15)19/h10-11,16H,3-9H2,1-2H3,(H2,15,19)/t10-,11?/m0/s1. The van der Waals surface area contributed by atoms with Gasteiger partial charge in [0, 0.05) is 12.8 Å². The van der Waals surface area contributed by atoms with Gasteiger partial charge in [-0.15, -0.1) is 0 Å². The summed E-state index contributed by atoms with van der Waals surface area (Å²) in [5.41, 5.74) is 5.10. The number of ketones is 1. The zero-order valence-corrected chi connectivity index (χ0v) is 14.4. The SMILES string of the molecule is CCS(=O)(=O)N(C(=O)C[C@@H](C)CC(N)=O)C1CCCNCC1=O. The Hall–Kier alpha value is -1.48. The maximum absolute atomic E-state index is 12.5. The van der Waals surface area contributed by atoms with Gasteiger partial charge in [0.05, 0.1) is 12.3 Å². The van der Waals surface area contributed by atoms with Crippen molar-refractivity contribution < 1.29 is 22.8 Å². The number of Topliss-reactive ketones (excluding diaryl/α,β-unsaturated/α-hetero) is 1. The average molecular weight is 347 g/mol. The first-order chi connectivity index (χ1) is 10.7. The van der Waals surface area contributed by atoms with Crippen molar-refractivity contribution >= 4 is 27.6 Å². The van der Waals surface area contributed by atoms with Crippen LogP contribution in [-0.2, 0) is 24.4 Å². The summed E-state index contributed by atoms with van der Waals surface area (Å²) in [4.78, 5) is 35.6. The van der Waals surface area contributed by atoms with E-state index in [-0.39, 0.29) is 36.8 Å². The van der Waals surface area contributed by atoms with Gasteiger partial charge in [-0.05, 0) is 32.2 Å². The van der Waals surface area contributed by atoms with E-state index in [2.05, 4.69) is 5.32 Å². The molecule has 1 aliphatic heterocycles. The molecular formula is C14H25N3O5S. The summed E-state index contributed by atoms with van der Waals surface area (Å²) in [6, 6.07) is -0.969. The molecule has 0 saturated carbocycles. The Morgan fingerprint density at radius 1 is 1.39 bits per heavy atom. The van der Waals surface area contributed by atoms with Crippen molar-refractivity contribution in [3.63, 3.8) is 0 Å². The van der Waals surface area contributed by atoms with Crippen LogP contribution in [0.3, 0.4) is 0 Å². The predicted octanol–water partition coefficient (Wildman–Crippen LogP) is -0.613. The molecule has 3 N–H and O–H groups in total. The summed E-state index contributed by atoms with van der Waals surface area (Å²) >= 11 is 0. The fraction of sp³-hybridized carbons (Fsp3) is 0.786. The summed E-state index contributed by atoms with van der Waals surface area (Å²) in [5, 5.41) is 2.91. The third-order valence-electron chi connectivity index (χ3n) is 3.77. The molecule has 23 heavy (non-hydrogen) atoms. The zero-order chi connectivity index (χ0) is 17.6. The van der Waals surface area contributed by atoms with Crippen LogP contribution in [-0.4, -0.2) is 55.2 Å². The third-order valence-corrected chi connectivity index (χ3v) is 5.56. The summed E-state index contributed by atoms with van der Waals surface area (Å²) in [5.74, 6) is -2.16. The van der Waals surface area contributed by atoms with Crippen LogP contribution in [0.2, 0.25) is 0 Å². The molecule has 0 aliphatic carbocycles. The molecule has 9 heteroatoms. The van der Waals surface area contributed by atoms with Crippen molar-refractivity contribution in [2.24, 2.45) is 11.7 Å². The van der Waals surface area contributed by atoms with Crippen LogP contribution >= 0.6 is 0 Å². The first-order valence-electron chi connectivity index (χ1n) is 7.75. The number of hydrogen-bond acceptors (Lipinski definition) is 6. The first-order valence-corrected chi connectivity index (χ1v) is 9.36. The van der Waals surface area contributed by atoms with Gasteiger partial charge in [0.1, 0.15) is 6.04 Å². The van der Waals surface area contributed by atoms with E-state index >= 15 is 0 Å². The van der Waals surface area contributed by atoms with Crippen molar-refractivity contribution in [1.82, 2.24) is 9.62 Å². The molecule has 1 saturated heterocycles. The van der Waals surface area contributed by atoms with Crippen molar-refractivity contribution in [2.45, 2.75) is 45.6 Å². The number of carbonyl (C=O) groups excluding carboxylic acids is 3. The number of nitrogens with one attached hydrogen (secondary N) is 1. The second kappa shape index (κ2) is 8.39. The van der Waals surface area contributed by atoms with Gasteiger partial charge < -0.3 is 11.1 Å². The number of amides is 2. The van der Waals surface area contributed by atoms with Crippen molar-refractivity contribution in [2.75, 3.05) is 18.8 Å². The summed E-state index contributed by atoms with van der Waals surface area (Å²) < 4.78 is 25.4. The molecule has 8 nitrogen and oxygen atoms in total. The summed E-state index contributed by atoms with van der Waals surface area (Å²) in [7, 11) is -3.86. The van der Waals surface area contributed by atoms with Crippen LogP contribution in [0.15, 0.2) is 0 Å². The molecule has 1 aliphatic rings. The van der Waals surface area contributed by atoms with E-state index in [9.17, 15) is 22.8 Å². The maximum atomic E-state index is 12.5. The molecule has 0 bridgehead atoms. The molecule has 0 spiro atoms. The van der Waals surface area contributed by atoms with E-state index in [1.54, 1.807) is 6.92 Å². The van der Waals surface area contributed by atoms with Gasteiger partial charge in [-0.25, -0.2) is 12.7 Å². The molecule has 1 rings (SSSR count). The normalized spacial score (nSPS) is 20.6. The van der Waals surface area contributed by atoms with E-state index in [1.807, 2.05) is 0 Å². The molecule has 1 unspecified atom stereocenters. The predicted molar refractivity (Wildman–Crippen MR) is 84.8 cm³/mol. The minimum atomic E-state index is -3.86. The van der Waals surface area contributed by atoms with Crippen LogP contribution in [0.25, 0.3) is 0 Å². The van der Waals surface area contributed by atoms with Gasteiger partial charge in [-0.2, -0.15) is 0 Å². The second-order valence-electron chi connectivity index (χ2n) is 5.87. The van der Waals surface area contributed by atoms with E-state index in [0.29, 0.717) is 19.4 Å². The largest absolute Gasteiger partial charge is 0.370 e. The highest BCUT2D eigenvalue weighted by Gasteiger charge is 2.38.